The molecule has 0 aliphatic carbocycles. The summed E-state index contributed by atoms with van der Waals surface area (Å²) in [5.41, 5.74) is 0. The van der Waals surface area contributed by atoms with Crippen LogP contribution in [0.3, 0.4) is 0 Å². The molecule has 0 aromatic rings. The standard InChI is InChI=1S/C18H32O2/c1-3-4-5-6-7-8-9-10-11-12-13-14-15-16-17-18(19)20-2/h9-10,13-14H,3-8,11-12,15-17H2,1-2H3. The minimum Gasteiger partial charge on any atom is -0.469 e. The number of hydrogen-bond donors (Lipinski definition) is 0. The second-order valence-corrected chi connectivity index (χ2v) is 5.19. The number of ether oxygens (including phenoxy) is 1. The van der Waals surface area contributed by atoms with Crippen molar-refractivity contribution in [2.75, 3.05) is 7.11 Å². The van der Waals surface area contributed by atoms with E-state index in [1.165, 1.54) is 45.6 Å². The minimum atomic E-state index is -0.111. The van der Waals surface area contributed by atoms with Gasteiger partial charge in [0.05, 0.1) is 7.11 Å². The van der Waals surface area contributed by atoms with Crippen molar-refractivity contribution >= 4 is 5.97 Å². The molecular formula is C18H32O2. The Hall–Kier alpha value is -1.05. The molecule has 0 heterocycles. The van der Waals surface area contributed by atoms with Crippen LogP contribution < -0.4 is 0 Å². The summed E-state index contributed by atoms with van der Waals surface area (Å²) in [6.45, 7) is 2.25. The van der Waals surface area contributed by atoms with Gasteiger partial charge in [0.1, 0.15) is 0 Å². The third-order valence-corrected chi connectivity index (χ3v) is 3.29. The van der Waals surface area contributed by atoms with E-state index in [0.717, 1.165) is 25.7 Å². The first-order valence-electron chi connectivity index (χ1n) is 8.18. The zero-order valence-electron chi connectivity index (χ0n) is 13.4. The molecule has 0 aliphatic heterocycles. The molecule has 0 amide bonds. The van der Waals surface area contributed by atoms with Gasteiger partial charge in [-0.05, 0) is 38.5 Å². The molecule has 0 saturated heterocycles. The van der Waals surface area contributed by atoms with Crippen molar-refractivity contribution in [2.45, 2.75) is 77.6 Å². The lowest BCUT2D eigenvalue weighted by Gasteiger charge is -1.96. The number of unbranched alkanes of at least 4 members (excludes halogenated alkanes) is 7. The van der Waals surface area contributed by atoms with E-state index in [9.17, 15) is 4.79 Å². The Kier molecular flexibility index (Phi) is 15.2. The van der Waals surface area contributed by atoms with Gasteiger partial charge in [-0.2, -0.15) is 0 Å². The highest BCUT2D eigenvalue weighted by atomic mass is 16.5. The topological polar surface area (TPSA) is 26.3 Å². The van der Waals surface area contributed by atoms with E-state index in [4.69, 9.17) is 0 Å². The molecule has 0 bridgehead atoms. The van der Waals surface area contributed by atoms with Crippen molar-refractivity contribution in [1.29, 1.82) is 0 Å². The molecule has 0 aromatic heterocycles. The summed E-state index contributed by atoms with van der Waals surface area (Å²) in [5.74, 6) is -0.111. The molecule has 20 heavy (non-hydrogen) atoms. The monoisotopic (exact) mass is 280 g/mol. The van der Waals surface area contributed by atoms with Crippen molar-refractivity contribution in [1.82, 2.24) is 0 Å². The van der Waals surface area contributed by atoms with E-state index in [2.05, 4.69) is 36.0 Å². The van der Waals surface area contributed by atoms with Gasteiger partial charge in [0, 0.05) is 6.42 Å². The van der Waals surface area contributed by atoms with Gasteiger partial charge >= 0.3 is 5.97 Å². The Labute approximate surface area is 125 Å². The predicted octanol–water partition coefficient (Wildman–Crippen LogP) is 5.58. The minimum absolute atomic E-state index is 0.111. The average Bonchev–Trinajstić information content (AvgIpc) is 2.47. The molecule has 0 radical (unpaired) electrons. The summed E-state index contributed by atoms with van der Waals surface area (Å²) >= 11 is 0. The largest absolute Gasteiger partial charge is 0.469 e. The van der Waals surface area contributed by atoms with Gasteiger partial charge < -0.3 is 4.74 Å². The van der Waals surface area contributed by atoms with Crippen LogP contribution in [0.25, 0.3) is 0 Å². The highest BCUT2D eigenvalue weighted by Crippen LogP contribution is 2.06. The van der Waals surface area contributed by atoms with E-state index in [1.807, 2.05) is 0 Å². The maximum atomic E-state index is 10.9. The SMILES string of the molecule is CCCCCCCC=CCCC=CCCCC(=O)OC. The molecule has 2 nitrogen and oxygen atoms in total. The third-order valence-electron chi connectivity index (χ3n) is 3.29. The first-order chi connectivity index (χ1) is 9.81. The number of rotatable bonds is 13. The van der Waals surface area contributed by atoms with Crippen molar-refractivity contribution < 1.29 is 9.53 Å². The van der Waals surface area contributed by atoms with Crippen LogP contribution in [0.4, 0.5) is 0 Å². The summed E-state index contributed by atoms with van der Waals surface area (Å²) < 4.78 is 4.59. The van der Waals surface area contributed by atoms with Gasteiger partial charge in [-0.25, -0.2) is 0 Å². The van der Waals surface area contributed by atoms with Crippen LogP contribution in [0.5, 0.6) is 0 Å². The second kappa shape index (κ2) is 16.0. The van der Waals surface area contributed by atoms with Crippen molar-refractivity contribution in [2.24, 2.45) is 0 Å². The fourth-order valence-corrected chi connectivity index (χ4v) is 2.00. The van der Waals surface area contributed by atoms with Crippen molar-refractivity contribution in [3.05, 3.63) is 24.3 Å². The predicted molar refractivity (Wildman–Crippen MR) is 86.8 cm³/mol. The molecule has 0 atom stereocenters. The molecule has 0 rings (SSSR count). The summed E-state index contributed by atoms with van der Waals surface area (Å²) in [5, 5.41) is 0. The lowest BCUT2D eigenvalue weighted by atomic mass is 10.1. The first-order valence-corrected chi connectivity index (χ1v) is 8.18. The zero-order chi connectivity index (χ0) is 14.9. The van der Waals surface area contributed by atoms with Crippen LogP contribution >= 0.6 is 0 Å². The van der Waals surface area contributed by atoms with Crippen molar-refractivity contribution in [3.63, 3.8) is 0 Å². The van der Waals surface area contributed by atoms with Gasteiger partial charge in [0.25, 0.3) is 0 Å². The van der Waals surface area contributed by atoms with Gasteiger partial charge in [0.15, 0.2) is 0 Å². The van der Waals surface area contributed by atoms with Crippen LogP contribution in [-0.2, 0) is 9.53 Å². The quantitative estimate of drug-likeness (QED) is 0.250. The van der Waals surface area contributed by atoms with Crippen LogP contribution in [0, 0.1) is 0 Å². The average molecular weight is 280 g/mol. The third kappa shape index (κ3) is 15.0. The number of methoxy groups -OCH3 is 1. The zero-order valence-corrected chi connectivity index (χ0v) is 13.4. The highest BCUT2D eigenvalue weighted by molar-refractivity contribution is 5.68. The maximum Gasteiger partial charge on any atom is 0.305 e. The van der Waals surface area contributed by atoms with Crippen LogP contribution in [0.2, 0.25) is 0 Å². The van der Waals surface area contributed by atoms with Crippen molar-refractivity contribution in [3.8, 4) is 0 Å². The molecule has 0 aromatic carbocycles. The number of carbonyl (C=O) groups excluding carboxylic acids is 1. The number of esters is 1. The van der Waals surface area contributed by atoms with E-state index in [1.54, 1.807) is 0 Å². The highest BCUT2D eigenvalue weighted by Gasteiger charge is 1.96. The summed E-state index contributed by atoms with van der Waals surface area (Å²) in [6.07, 6.45) is 21.6. The van der Waals surface area contributed by atoms with E-state index in [-0.39, 0.29) is 5.97 Å². The van der Waals surface area contributed by atoms with Gasteiger partial charge in [0.2, 0.25) is 0 Å². The van der Waals surface area contributed by atoms with Crippen LogP contribution in [0.1, 0.15) is 77.6 Å². The van der Waals surface area contributed by atoms with Gasteiger partial charge in [-0.15, -0.1) is 0 Å². The lowest BCUT2D eigenvalue weighted by Crippen LogP contribution is -1.98. The molecule has 0 fully saturated rings. The molecule has 0 saturated carbocycles. The molecule has 0 N–H and O–H groups in total. The number of allylic oxidation sites excluding steroid dienone is 4. The number of carbonyl (C=O) groups is 1. The normalized spacial score (nSPS) is 11.5. The number of hydrogen-bond acceptors (Lipinski definition) is 2. The molecule has 0 aliphatic rings. The van der Waals surface area contributed by atoms with Crippen LogP contribution in [-0.4, -0.2) is 13.1 Å². The summed E-state index contributed by atoms with van der Waals surface area (Å²) in [7, 11) is 1.44. The fourth-order valence-electron chi connectivity index (χ4n) is 2.00. The molecule has 2 heteroatoms. The molecular weight excluding hydrogens is 248 g/mol. The summed E-state index contributed by atoms with van der Waals surface area (Å²) in [4.78, 5) is 10.9. The Bertz CT molecular complexity index is 267. The smallest absolute Gasteiger partial charge is 0.305 e. The molecule has 0 spiro atoms. The van der Waals surface area contributed by atoms with E-state index >= 15 is 0 Å². The second-order valence-electron chi connectivity index (χ2n) is 5.19. The van der Waals surface area contributed by atoms with Gasteiger partial charge in [-0.1, -0.05) is 56.9 Å². The van der Waals surface area contributed by atoms with Crippen LogP contribution in [0.15, 0.2) is 24.3 Å². The summed E-state index contributed by atoms with van der Waals surface area (Å²) in [6, 6.07) is 0. The lowest BCUT2D eigenvalue weighted by molar-refractivity contribution is -0.140. The Morgan fingerprint density at radius 1 is 0.800 bits per heavy atom. The first kappa shape index (κ1) is 18.9. The maximum absolute atomic E-state index is 10.9. The Morgan fingerprint density at radius 2 is 1.35 bits per heavy atom. The molecule has 0 unspecified atom stereocenters. The van der Waals surface area contributed by atoms with E-state index < -0.39 is 0 Å². The molecule has 116 valence electrons. The Morgan fingerprint density at radius 3 is 1.95 bits per heavy atom. The fraction of sp³-hybridized carbons (Fsp3) is 0.722. The van der Waals surface area contributed by atoms with E-state index in [0.29, 0.717) is 6.42 Å². The Balaban J connectivity index is 3.23. The van der Waals surface area contributed by atoms with Gasteiger partial charge in [-0.3, -0.25) is 4.79 Å².